The second-order valence-electron chi connectivity index (χ2n) is 9.68. The molecule has 6 heteroatoms. The molecule has 1 fully saturated rings. The second-order valence-corrected chi connectivity index (χ2v) is 10.9. The molecule has 0 saturated heterocycles. The fourth-order valence-electron chi connectivity index (χ4n) is 4.95. The number of carbonyl (C=O) groups is 2. The van der Waals surface area contributed by atoms with Gasteiger partial charge in [0.2, 0.25) is 11.8 Å². The van der Waals surface area contributed by atoms with Crippen molar-refractivity contribution in [1.29, 1.82) is 0 Å². The first-order chi connectivity index (χ1) is 18.6. The highest BCUT2D eigenvalue weighted by molar-refractivity contribution is 8.00. The fraction of sp³-hybridized carbons (Fsp3) is 0.188. The molecule has 0 bridgehead atoms. The van der Waals surface area contributed by atoms with Crippen LogP contribution in [-0.2, 0) is 16.1 Å². The van der Waals surface area contributed by atoms with Gasteiger partial charge in [0.15, 0.2) is 0 Å². The number of thioether (sulfide) groups is 1. The van der Waals surface area contributed by atoms with E-state index in [2.05, 4.69) is 58.5 Å². The molecule has 2 N–H and O–H groups in total. The summed E-state index contributed by atoms with van der Waals surface area (Å²) in [6.45, 7) is 3.03. The van der Waals surface area contributed by atoms with Crippen molar-refractivity contribution in [3.05, 3.63) is 103 Å². The number of para-hydroxylation sites is 1. The summed E-state index contributed by atoms with van der Waals surface area (Å²) in [6.07, 6.45) is 1.92. The van der Waals surface area contributed by atoms with E-state index in [0.29, 0.717) is 0 Å². The van der Waals surface area contributed by atoms with Crippen LogP contribution in [-0.4, -0.2) is 16.4 Å². The Bertz CT molecular complexity index is 1640. The molecule has 38 heavy (non-hydrogen) atoms. The van der Waals surface area contributed by atoms with Crippen molar-refractivity contribution in [3.63, 3.8) is 0 Å². The summed E-state index contributed by atoms with van der Waals surface area (Å²) < 4.78 is 2.30. The zero-order valence-corrected chi connectivity index (χ0v) is 22.0. The molecule has 1 saturated carbocycles. The van der Waals surface area contributed by atoms with Gasteiger partial charge in [-0.3, -0.25) is 9.59 Å². The van der Waals surface area contributed by atoms with Crippen molar-refractivity contribution >= 4 is 56.8 Å². The number of nitrogens with one attached hydrogen (secondary N) is 2. The molecule has 1 aromatic heterocycles. The van der Waals surface area contributed by atoms with Crippen LogP contribution in [0.15, 0.2) is 102 Å². The molecule has 5 nitrogen and oxygen atoms in total. The van der Waals surface area contributed by atoms with E-state index in [1.807, 2.05) is 60.7 Å². The van der Waals surface area contributed by atoms with Gasteiger partial charge in [0.25, 0.3) is 0 Å². The number of amides is 2. The number of hydrogen-bond donors (Lipinski definition) is 2. The van der Waals surface area contributed by atoms with Crippen molar-refractivity contribution in [1.82, 2.24) is 4.57 Å². The Morgan fingerprint density at radius 1 is 0.816 bits per heavy atom. The number of carbonyl (C=O) groups excluding carboxylic acids is 2. The maximum absolute atomic E-state index is 13.7. The molecule has 1 heterocycles. The van der Waals surface area contributed by atoms with E-state index in [9.17, 15) is 9.59 Å². The van der Waals surface area contributed by atoms with Crippen LogP contribution in [0.4, 0.5) is 11.4 Å². The third-order valence-electron chi connectivity index (χ3n) is 7.00. The van der Waals surface area contributed by atoms with Crippen molar-refractivity contribution in [3.8, 4) is 0 Å². The molecule has 0 spiro atoms. The van der Waals surface area contributed by atoms with Gasteiger partial charge in [0, 0.05) is 50.5 Å². The summed E-state index contributed by atoms with van der Waals surface area (Å²) in [5.41, 5.74) is 4.81. The van der Waals surface area contributed by atoms with Crippen LogP contribution in [0.1, 0.15) is 30.6 Å². The standard InChI is InChI=1S/C32H29N3O2S/c1-2-35-28-14-7-6-13-26(28)27-20-24(17-18-29(27)35)34-32(37)30(21-9-4-3-5-10-21)38-25-12-8-11-23(19-25)33-31(36)22-15-16-22/h3-14,17-20,22,30H,2,15-16H2,1H3,(H,33,36)(H,34,37). The van der Waals surface area contributed by atoms with Crippen molar-refractivity contribution in [2.45, 2.75) is 36.5 Å². The lowest BCUT2D eigenvalue weighted by atomic mass is 10.1. The zero-order valence-electron chi connectivity index (χ0n) is 21.2. The first-order valence-electron chi connectivity index (χ1n) is 13.0. The molecule has 1 aliphatic carbocycles. The Morgan fingerprint density at radius 3 is 2.34 bits per heavy atom. The van der Waals surface area contributed by atoms with E-state index in [1.54, 1.807) is 0 Å². The minimum Gasteiger partial charge on any atom is -0.341 e. The number of aryl methyl sites for hydroxylation is 1. The SMILES string of the molecule is CCn1c2ccccc2c2cc(NC(=O)C(Sc3cccc(NC(=O)C4CC4)c3)c3ccccc3)ccc21. The molecule has 1 atom stereocenters. The molecule has 190 valence electrons. The predicted molar refractivity (Wildman–Crippen MR) is 157 cm³/mol. The number of aromatic nitrogens is 1. The van der Waals surface area contributed by atoms with Gasteiger partial charge >= 0.3 is 0 Å². The largest absolute Gasteiger partial charge is 0.341 e. The lowest BCUT2D eigenvalue weighted by Crippen LogP contribution is -2.19. The first-order valence-corrected chi connectivity index (χ1v) is 13.9. The van der Waals surface area contributed by atoms with Crippen LogP contribution in [0.3, 0.4) is 0 Å². The average Bonchev–Trinajstić information content (AvgIpc) is 3.75. The van der Waals surface area contributed by atoms with Crippen LogP contribution >= 0.6 is 11.8 Å². The Balaban J connectivity index is 1.28. The average molecular weight is 520 g/mol. The highest BCUT2D eigenvalue weighted by Crippen LogP contribution is 2.38. The Labute approximate surface area is 226 Å². The number of hydrogen-bond acceptors (Lipinski definition) is 3. The summed E-state index contributed by atoms with van der Waals surface area (Å²) in [5, 5.41) is 8.03. The maximum atomic E-state index is 13.7. The van der Waals surface area contributed by atoms with Crippen molar-refractivity contribution in [2.24, 2.45) is 5.92 Å². The number of benzene rings is 4. The first kappa shape index (κ1) is 24.3. The van der Waals surface area contributed by atoms with E-state index in [1.165, 1.54) is 22.7 Å². The van der Waals surface area contributed by atoms with Gasteiger partial charge in [-0.2, -0.15) is 0 Å². The Hall–Kier alpha value is -4.03. The highest BCUT2D eigenvalue weighted by Gasteiger charge is 2.29. The molecule has 1 unspecified atom stereocenters. The van der Waals surface area contributed by atoms with Gasteiger partial charge in [-0.1, -0.05) is 54.6 Å². The molecule has 5 aromatic rings. The maximum Gasteiger partial charge on any atom is 0.242 e. The van der Waals surface area contributed by atoms with Crippen LogP contribution in [0.2, 0.25) is 0 Å². The molecule has 4 aromatic carbocycles. The molecule has 0 radical (unpaired) electrons. The molecule has 2 amide bonds. The molecular weight excluding hydrogens is 490 g/mol. The Morgan fingerprint density at radius 2 is 1.55 bits per heavy atom. The summed E-state index contributed by atoms with van der Waals surface area (Å²) in [6, 6.07) is 32.1. The second kappa shape index (κ2) is 10.4. The monoisotopic (exact) mass is 519 g/mol. The smallest absolute Gasteiger partial charge is 0.242 e. The fourth-order valence-corrected chi connectivity index (χ4v) is 6.04. The lowest BCUT2D eigenvalue weighted by Gasteiger charge is -2.18. The Kier molecular flexibility index (Phi) is 6.64. The number of anilines is 2. The topological polar surface area (TPSA) is 63.1 Å². The predicted octanol–water partition coefficient (Wildman–Crippen LogP) is 7.64. The van der Waals surface area contributed by atoms with Gasteiger partial charge < -0.3 is 15.2 Å². The molecule has 0 aliphatic heterocycles. The molecular formula is C32H29N3O2S. The highest BCUT2D eigenvalue weighted by atomic mass is 32.2. The normalized spacial score (nSPS) is 13.9. The molecule has 1 aliphatic rings. The van der Waals surface area contributed by atoms with Crippen LogP contribution in [0.5, 0.6) is 0 Å². The third-order valence-corrected chi connectivity index (χ3v) is 8.25. The van der Waals surface area contributed by atoms with Gasteiger partial charge in [0.05, 0.1) is 0 Å². The van der Waals surface area contributed by atoms with Crippen LogP contribution < -0.4 is 10.6 Å². The van der Waals surface area contributed by atoms with E-state index < -0.39 is 5.25 Å². The molecule has 6 rings (SSSR count). The zero-order chi connectivity index (χ0) is 26.1. The van der Waals surface area contributed by atoms with Gasteiger partial charge in [-0.05, 0) is 67.8 Å². The van der Waals surface area contributed by atoms with Crippen molar-refractivity contribution in [2.75, 3.05) is 10.6 Å². The summed E-state index contributed by atoms with van der Waals surface area (Å²) in [5.74, 6) is 0.120. The number of rotatable bonds is 8. The van der Waals surface area contributed by atoms with E-state index in [4.69, 9.17) is 0 Å². The third kappa shape index (κ3) is 4.92. The lowest BCUT2D eigenvalue weighted by molar-refractivity contribution is -0.117. The van der Waals surface area contributed by atoms with E-state index >= 15 is 0 Å². The van der Waals surface area contributed by atoms with Gasteiger partial charge in [-0.25, -0.2) is 0 Å². The minimum atomic E-state index is -0.460. The van der Waals surface area contributed by atoms with Crippen LogP contribution in [0.25, 0.3) is 21.8 Å². The van der Waals surface area contributed by atoms with E-state index in [-0.39, 0.29) is 17.7 Å². The quantitative estimate of drug-likeness (QED) is 0.207. The summed E-state index contributed by atoms with van der Waals surface area (Å²) in [7, 11) is 0. The van der Waals surface area contributed by atoms with Crippen LogP contribution in [0, 0.1) is 5.92 Å². The summed E-state index contributed by atoms with van der Waals surface area (Å²) in [4.78, 5) is 26.9. The van der Waals surface area contributed by atoms with Gasteiger partial charge in [0.1, 0.15) is 5.25 Å². The summed E-state index contributed by atoms with van der Waals surface area (Å²) >= 11 is 1.48. The van der Waals surface area contributed by atoms with Gasteiger partial charge in [-0.15, -0.1) is 11.8 Å². The minimum absolute atomic E-state index is 0.0734. The van der Waals surface area contributed by atoms with Crippen molar-refractivity contribution < 1.29 is 9.59 Å². The van der Waals surface area contributed by atoms with E-state index in [0.717, 1.165) is 52.1 Å². The number of nitrogens with zero attached hydrogens (tertiary/aromatic N) is 1. The number of fused-ring (bicyclic) bond motifs is 3.